The normalized spacial score (nSPS) is 29.7. The van der Waals surface area contributed by atoms with Crippen LogP contribution in [0.25, 0.3) is 0 Å². The molecule has 0 radical (unpaired) electrons. The van der Waals surface area contributed by atoms with Gasteiger partial charge in [0.25, 0.3) is 0 Å². The van der Waals surface area contributed by atoms with E-state index in [1.807, 2.05) is 36.9 Å². The fourth-order valence-corrected chi connectivity index (χ4v) is 2.92. The standard InChI is InChI=1S/C15H22N2O/c1-4-13-14(18)17(10-15(13,3)16)11(2)12-8-6-5-7-9-12/h5-9,11,13H,4,10,16H2,1-3H3/t11-,13?,15?/m1/s1. The van der Waals surface area contributed by atoms with Gasteiger partial charge >= 0.3 is 0 Å². The van der Waals surface area contributed by atoms with Crippen molar-refractivity contribution < 1.29 is 4.79 Å². The Kier molecular flexibility index (Phi) is 3.44. The molecule has 18 heavy (non-hydrogen) atoms. The maximum absolute atomic E-state index is 12.4. The Morgan fingerprint density at radius 3 is 2.56 bits per heavy atom. The van der Waals surface area contributed by atoms with Crippen LogP contribution in [0.2, 0.25) is 0 Å². The van der Waals surface area contributed by atoms with Gasteiger partial charge in [0.15, 0.2) is 0 Å². The zero-order valence-corrected chi connectivity index (χ0v) is 11.4. The van der Waals surface area contributed by atoms with Crippen LogP contribution in [-0.2, 0) is 4.79 Å². The average Bonchev–Trinajstić information content (AvgIpc) is 2.59. The number of rotatable bonds is 3. The lowest BCUT2D eigenvalue weighted by Gasteiger charge is -2.26. The summed E-state index contributed by atoms with van der Waals surface area (Å²) in [6.45, 7) is 6.73. The van der Waals surface area contributed by atoms with E-state index in [1.54, 1.807) is 0 Å². The molecule has 1 heterocycles. The summed E-state index contributed by atoms with van der Waals surface area (Å²) in [5.74, 6) is 0.141. The van der Waals surface area contributed by atoms with Crippen molar-refractivity contribution >= 4 is 5.91 Å². The molecule has 3 nitrogen and oxygen atoms in total. The van der Waals surface area contributed by atoms with Crippen molar-refractivity contribution in [2.45, 2.75) is 38.8 Å². The van der Waals surface area contributed by atoms with Crippen molar-refractivity contribution in [1.29, 1.82) is 0 Å². The minimum atomic E-state index is -0.408. The van der Waals surface area contributed by atoms with E-state index in [1.165, 1.54) is 5.56 Å². The third kappa shape index (κ3) is 2.15. The van der Waals surface area contributed by atoms with E-state index in [2.05, 4.69) is 19.1 Å². The largest absolute Gasteiger partial charge is 0.334 e. The van der Waals surface area contributed by atoms with E-state index in [-0.39, 0.29) is 17.9 Å². The molecule has 2 N–H and O–H groups in total. The Hall–Kier alpha value is -1.35. The zero-order valence-electron chi connectivity index (χ0n) is 11.4. The summed E-state index contributed by atoms with van der Waals surface area (Å²) in [6.07, 6.45) is 0.809. The summed E-state index contributed by atoms with van der Waals surface area (Å²) in [4.78, 5) is 14.3. The van der Waals surface area contributed by atoms with Crippen LogP contribution >= 0.6 is 0 Å². The number of likely N-dealkylation sites (tertiary alicyclic amines) is 1. The molecule has 1 saturated heterocycles. The molecular weight excluding hydrogens is 224 g/mol. The molecule has 2 rings (SSSR count). The summed E-state index contributed by atoms with van der Waals surface area (Å²) in [7, 11) is 0. The monoisotopic (exact) mass is 246 g/mol. The highest BCUT2D eigenvalue weighted by molar-refractivity contribution is 5.83. The number of hydrogen-bond donors (Lipinski definition) is 1. The number of hydrogen-bond acceptors (Lipinski definition) is 2. The van der Waals surface area contributed by atoms with Crippen molar-refractivity contribution in [3.05, 3.63) is 35.9 Å². The molecule has 0 bridgehead atoms. The summed E-state index contributed by atoms with van der Waals surface area (Å²) >= 11 is 0. The summed E-state index contributed by atoms with van der Waals surface area (Å²) in [6, 6.07) is 10.2. The van der Waals surface area contributed by atoms with Gasteiger partial charge in [-0.3, -0.25) is 4.79 Å². The maximum atomic E-state index is 12.4. The fraction of sp³-hybridized carbons (Fsp3) is 0.533. The molecule has 3 atom stereocenters. The molecule has 1 aromatic carbocycles. The second-order valence-electron chi connectivity index (χ2n) is 5.52. The third-order valence-corrected chi connectivity index (χ3v) is 4.05. The highest BCUT2D eigenvalue weighted by Crippen LogP contribution is 2.34. The van der Waals surface area contributed by atoms with E-state index in [0.717, 1.165) is 6.42 Å². The second-order valence-corrected chi connectivity index (χ2v) is 5.52. The molecule has 3 heteroatoms. The second kappa shape index (κ2) is 4.73. The molecule has 1 aliphatic heterocycles. The molecule has 98 valence electrons. The molecule has 0 aliphatic carbocycles. The average molecular weight is 246 g/mol. The first-order valence-electron chi connectivity index (χ1n) is 6.61. The Morgan fingerprint density at radius 2 is 2.06 bits per heavy atom. The Balaban J connectivity index is 2.23. The Bertz CT molecular complexity index is 427. The van der Waals surface area contributed by atoms with Gasteiger partial charge in [0.05, 0.1) is 12.0 Å². The van der Waals surface area contributed by atoms with E-state index < -0.39 is 5.54 Å². The van der Waals surface area contributed by atoms with Gasteiger partial charge in [0.1, 0.15) is 0 Å². The zero-order chi connectivity index (χ0) is 13.3. The lowest BCUT2D eigenvalue weighted by atomic mass is 9.88. The third-order valence-electron chi connectivity index (χ3n) is 4.05. The summed E-state index contributed by atoms with van der Waals surface area (Å²) < 4.78 is 0. The van der Waals surface area contributed by atoms with Gasteiger partial charge in [-0.15, -0.1) is 0 Å². The molecule has 2 unspecified atom stereocenters. The quantitative estimate of drug-likeness (QED) is 0.889. The van der Waals surface area contributed by atoms with Crippen molar-refractivity contribution in [3.63, 3.8) is 0 Å². The molecule has 1 fully saturated rings. The van der Waals surface area contributed by atoms with E-state index in [9.17, 15) is 4.79 Å². The lowest BCUT2D eigenvalue weighted by molar-refractivity contribution is -0.133. The highest BCUT2D eigenvalue weighted by Gasteiger charge is 2.46. The number of benzene rings is 1. The lowest BCUT2D eigenvalue weighted by Crippen LogP contribution is -2.44. The van der Waals surface area contributed by atoms with Crippen LogP contribution in [0, 0.1) is 5.92 Å². The first-order valence-corrected chi connectivity index (χ1v) is 6.61. The Morgan fingerprint density at radius 1 is 1.44 bits per heavy atom. The van der Waals surface area contributed by atoms with Gasteiger partial charge in [0.2, 0.25) is 5.91 Å². The van der Waals surface area contributed by atoms with Crippen molar-refractivity contribution in [1.82, 2.24) is 4.90 Å². The Labute approximate surface area is 109 Å². The predicted octanol–water partition coefficient (Wildman–Crippen LogP) is 2.33. The van der Waals surface area contributed by atoms with Gasteiger partial charge in [-0.1, -0.05) is 37.3 Å². The smallest absolute Gasteiger partial charge is 0.228 e. The molecule has 1 aromatic rings. The minimum absolute atomic E-state index is 0.0522. The van der Waals surface area contributed by atoms with Gasteiger partial charge < -0.3 is 10.6 Å². The van der Waals surface area contributed by atoms with Crippen LogP contribution < -0.4 is 5.73 Å². The molecule has 1 aliphatic rings. The van der Waals surface area contributed by atoms with Crippen molar-refractivity contribution in [2.75, 3.05) is 6.54 Å². The molecular formula is C15H22N2O. The molecule has 0 aromatic heterocycles. The van der Waals surface area contributed by atoms with E-state index in [4.69, 9.17) is 5.73 Å². The van der Waals surface area contributed by atoms with Crippen LogP contribution in [0.4, 0.5) is 0 Å². The number of amides is 1. The van der Waals surface area contributed by atoms with Crippen LogP contribution in [0.1, 0.15) is 38.8 Å². The van der Waals surface area contributed by atoms with E-state index >= 15 is 0 Å². The minimum Gasteiger partial charge on any atom is -0.334 e. The summed E-state index contributed by atoms with van der Waals surface area (Å²) in [5, 5.41) is 0. The summed E-state index contributed by atoms with van der Waals surface area (Å²) in [5.41, 5.74) is 7.02. The van der Waals surface area contributed by atoms with Crippen molar-refractivity contribution in [2.24, 2.45) is 11.7 Å². The topological polar surface area (TPSA) is 46.3 Å². The maximum Gasteiger partial charge on any atom is 0.228 e. The van der Waals surface area contributed by atoms with Gasteiger partial charge in [-0.2, -0.15) is 0 Å². The van der Waals surface area contributed by atoms with Crippen LogP contribution in [0.3, 0.4) is 0 Å². The first kappa shape index (κ1) is 13.1. The van der Waals surface area contributed by atoms with Gasteiger partial charge in [0, 0.05) is 12.1 Å². The number of nitrogens with zero attached hydrogens (tertiary/aromatic N) is 1. The SMILES string of the molecule is CCC1C(=O)N([C@H](C)c2ccccc2)CC1(C)N. The van der Waals surface area contributed by atoms with Crippen LogP contribution in [-0.4, -0.2) is 22.9 Å². The fourth-order valence-electron chi connectivity index (χ4n) is 2.92. The predicted molar refractivity (Wildman–Crippen MR) is 72.9 cm³/mol. The van der Waals surface area contributed by atoms with Crippen molar-refractivity contribution in [3.8, 4) is 0 Å². The molecule has 0 saturated carbocycles. The molecule has 1 amide bonds. The number of carbonyl (C=O) groups excluding carboxylic acids is 1. The number of carbonyl (C=O) groups is 1. The number of nitrogens with two attached hydrogens (primary N) is 1. The first-order chi connectivity index (χ1) is 8.47. The van der Waals surface area contributed by atoms with Gasteiger partial charge in [-0.05, 0) is 25.8 Å². The van der Waals surface area contributed by atoms with Gasteiger partial charge in [-0.25, -0.2) is 0 Å². The van der Waals surface area contributed by atoms with Crippen LogP contribution in [0.5, 0.6) is 0 Å². The van der Waals surface area contributed by atoms with Crippen LogP contribution in [0.15, 0.2) is 30.3 Å². The molecule has 0 spiro atoms. The van der Waals surface area contributed by atoms with E-state index in [0.29, 0.717) is 6.54 Å². The highest BCUT2D eigenvalue weighted by atomic mass is 16.2.